The van der Waals surface area contributed by atoms with Gasteiger partial charge in [0.05, 0.1) is 29.9 Å². The number of ether oxygens (including phenoxy) is 1. The van der Waals surface area contributed by atoms with E-state index in [1.165, 1.54) is 5.32 Å². The van der Waals surface area contributed by atoms with Gasteiger partial charge in [-0.25, -0.2) is 0 Å². The smallest absolute Gasteiger partial charge is 0.471 e. The fourth-order valence-corrected chi connectivity index (χ4v) is 1.37. The van der Waals surface area contributed by atoms with Crippen molar-refractivity contribution in [3.05, 3.63) is 27.8 Å². The van der Waals surface area contributed by atoms with Crippen LogP contribution in [0.15, 0.2) is 12.1 Å². The Kier molecular flexibility index (Phi) is 4.50. The van der Waals surface area contributed by atoms with Crippen LogP contribution < -0.4 is 10.1 Å². The molecule has 1 amide bonds. The number of hydrogen-bond donors (Lipinski definition) is 2. The van der Waals surface area contributed by atoms with Crippen LogP contribution in [0.5, 0.6) is 5.75 Å². The highest BCUT2D eigenvalue weighted by Crippen LogP contribution is 2.33. The third kappa shape index (κ3) is 3.35. The Morgan fingerprint density at radius 3 is 2.50 bits per heavy atom. The molecule has 0 bridgehead atoms. The van der Waals surface area contributed by atoms with Crippen LogP contribution in [0.1, 0.15) is 5.56 Å². The minimum absolute atomic E-state index is 0.156. The van der Waals surface area contributed by atoms with Crippen LogP contribution in [-0.2, 0) is 11.4 Å². The molecule has 10 heteroatoms. The molecular formula is C10H9F3N2O5. The van der Waals surface area contributed by atoms with E-state index in [0.29, 0.717) is 6.07 Å². The van der Waals surface area contributed by atoms with Crippen molar-refractivity contribution in [1.29, 1.82) is 0 Å². The maximum atomic E-state index is 12.1. The van der Waals surface area contributed by atoms with Gasteiger partial charge in [0.15, 0.2) is 0 Å². The number of amides is 1. The fraction of sp³-hybridized carbons (Fsp3) is 0.300. The van der Waals surface area contributed by atoms with Gasteiger partial charge in [0.25, 0.3) is 5.69 Å². The monoisotopic (exact) mass is 294 g/mol. The number of nitrogens with one attached hydrogen (secondary N) is 1. The summed E-state index contributed by atoms with van der Waals surface area (Å²) in [6.45, 7) is -0.708. The van der Waals surface area contributed by atoms with E-state index >= 15 is 0 Å². The zero-order valence-corrected chi connectivity index (χ0v) is 10.0. The van der Waals surface area contributed by atoms with E-state index in [1.54, 1.807) is 0 Å². The predicted octanol–water partition coefficient (Wildman–Crippen LogP) is 1.60. The van der Waals surface area contributed by atoms with Gasteiger partial charge in [0.2, 0.25) is 0 Å². The number of rotatable bonds is 4. The van der Waals surface area contributed by atoms with Gasteiger partial charge in [-0.05, 0) is 6.07 Å². The quantitative estimate of drug-likeness (QED) is 0.648. The van der Waals surface area contributed by atoms with Crippen molar-refractivity contribution < 1.29 is 32.7 Å². The second-order valence-electron chi connectivity index (χ2n) is 3.55. The van der Waals surface area contributed by atoms with Crippen LogP contribution in [-0.4, -0.2) is 29.2 Å². The number of methoxy groups -OCH3 is 1. The van der Waals surface area contributed by atoms with Crippen molar-refractivity contribution in [2.75, 3.05) is 12.4 Å². The van der Waals surface area contributed by atoms with Gasteiger partial charge in [0.1, 0.15) is 5.75 Å². The molecular weight excluding hydrogens is 285 g/mol. The summed E-state index contributed by atoms with van der Waals surface area (Å²) < 4.78 is 41.2. The fourth-order valence-electron chi connectivity index (χ4n) is 1.37. The van der Waals surface area contributed by atoms with Crippen LogP contribution >= 0.6 is 0 Å². The van der Waals surface area contributed by atoms with E-state index in [0.717, 1.165) is 13.2 Å². The average molecular weight is 294 g/mol. The largest absolute Gasteiger partial charge is 0.495 e. The van der Waals surface area contributed by atoms with Crippen molar-refractivity contribution in [2.24, 2.45) is 0 Å². The second-order valence-corrected chi connectivity index (χ2v) is 3.55. The number of benzene rings is 1. The van der Waals surface area contributed by atoms with Crippen LogP contribution in [0, 0.1) is 10.1 Å². The van der Waals surface area contributed by atoms with Gasteiger partial charge in [-0.3, -0.25) is 14.9 Å². The molecule has 7 nitrogen and oxygen atoms in total. The Hall–Kier alpha value is -2.36. The van der Waals surface area contributed by atoms with Crippen molar-refractivity contribution >= 4 is 17.3 Å². The average Bonchev–Trinajstić information content (AvgIpc) is 2.36. The molecule has 0 atom stereocenters. The van der Waals surface area contributed by atoms with Gasteiger partial charge in [-0.2, -0.15) is 13.2 Å². The number of hydrogen-bond acceptors (Lipinski definition) is 5. The summed E-state index contributed by atoms with van der Waals surface area (Å²) in [6.07, 6.45) is -5.14. The van der Waals surface area contributed by atoms with Gasteiger partial charge in [0, 0.05) is 6.07 Å². The Balaban J connectivity index is 3.28. The summed E-state index contributed by atoms with van der Waals surface area (Å²) in [5.74, 6) is -2.53. The third-order valence-corrected chi connectivity index (χ3v) is 2.27. The maximum absolute atomic E-state index is 12.1. The molecule has 110 valence electrons. The van der Waals surface area contributed by atoms with Crippen LogP contribution in [0.4, 0.5) is 24.5 Å². The van der Waals surface area contributed by atoms with E-state index < -0.39 is 35.0 Å². The highest BCUT2D eigenvalue weighted by atomic mass is 19.4. The van der Waals surface area contributed by atoms with E-state index in [4.69, 9.17) is 9.84 Å². The summed E-state index contributed by atoms with van der Waals surface area (Å²) in [6, 6.07) is 1.66. The number of carbonyl (C=O) groups is 1. The lowest BCUT2D eigenvalue weighted by Crippen LogP contribution is -2.30. The molecule has 2 N–H and O–H groups in total. The first kappa shape index (κ1) is 15.7. The lowest BCUT2D eigenvalue weighted by Gasteiger charge is -2.13. The molecule has 0 saturated heterocycles. The number of nitro benzene ring substituents is 1. The van der Waals surface area contributed by atoms with Crippen molar-refractivity contribution in [3.63, 3.8) is 0 Å². The van der Waals surface area contributed by atoms with E-state index in [-0.39, 0.29) is 11.3 Å². The zero-order valence-electron chi connectivity index (χ0n) is 10.0. The van der Waals surface area contributed by atoms with E-state index in [2.05, 4.69) is 0 Å². The molecule has 0 aliphatic carbocycles. The SMILES string of the molecule is COc1cc(CO)c([N+](=O)[O-])cc1NC(=O)C(F)(F)F. The molecule has 1 rings (SSSR count). The topological polar surface area (TPSA) is 102 Å². The molecule has 0 heterocycles. The third-order valence-electron chi connectivity index (χ3n) is 2.27. The molecule has 0 unspecified atom stereocenters. The van der Waals surface area contributed by atoms with Gasteiger partial charge < -0.3 is 15.2 Å². The minimum Gasteiger partial charge on any atom is -0.495 e. The number of anilines is 1. The summed E-state index contributed by atoms with van der Waals surface area (Å²) in [5, 5.41) is 21.2. The standard InChI is InChI=1S/C10H9F3N2O5/c1-20-8-2-5(4-16)7(15(18)19)3-6(8)14-9(17)10(11,12)13/h2-3,16H,4H2,1H3,(H,14,17). The zero-order chi connectivity index (χ0) is 15.5. The Morgan fingerprint density at radius 1 is 1.50 bits per heavy atom. The Bertz CT molecular complexity index is 544. The molecule has 0 aromatic heterocycles. The number of aliphatic hydroxyl groups is 1. The van der Waals surface area contributed by atoms with Crippen LogP contribution in [0.2, 0.25) is 0 Å². The molecule has 1 aromatic rings. The minimum atomic E-state index is -5.14. The molecule has 0 fully saturated rings. The Labute approximate surface area is 110 Å². The van der Waals surface area contributed by atoms with Gasteiger partial charge >= 0.3 is 12.1 Å². The van der Waals surface area contributed by atoms with Crippen LogP contribution in [0.3, 0.4) is 0 Å². The number of nitrogens with zero attached hydrogens (tertiary/aromatic N) is 1. The first-order valence-corrected chi connectivity index (χ1v) is 5.05. The van der Waals surface area contributed by atoms with Crippen molar-refractivity contribution in [2.45, 2.75) is 12.8 Å². The molecule has 0 saturated carbocycles. The number of nitro groups is 1. The maximum Gasteiger partial charge on any atom is 0.471 e. The second kappa shape index (κ2) is 5.74. The molecule has 0 radical (unpaired) electrons. The molecule has 1 aromatic carbocycles. The highest BCUT2D eigenvalue weighted by molar-refractivity contribution is 5.96. The highest BCUT2D eigenvalue weighted by Gasteiger charge is 2.39. The molecule has 0 spiro atoms. The summed E-state index contributed by atoms with van der Waals surface area (Å²) in [4.78, 5) is 20.7. The number of carbonyl (C=O) groups excluding carboxylic acids is 1. The summed E-state index contributed by atoms with van der Waals surface area (Å²) >= 11 is 0. The lowest BCUT2D eigenvalue weighted by atomic mass is 10.1. The predicted molar refractivity (Wildman–Crippen MR) is 60.3 cm³/mol. The number of halogens is 3. The van der Waals surface area contributed by atoms with Crippen molar-refractivity contribution in [3.8, 4) is 5.75 Å². The van der Waals surface area contributed by atoms with E-state index in [9.17, 15) is 28.1 Å². The first-order valence-electron chi connectivity index (χ1n) is 5.05. The number of aliphatic hydroxyl groups excluding tert-OH is 1. The van der Waals surface area contributed by atoms with E-state index in [1.807, 2.05) is 0 Å². The first-order chi connectivity index (χ1) is 9.20. The van der Waals surface area contributed by atoms with Crippen molar-refractivity contribution in [1.82, 2.24) is 0 Å². The molecule has 20 heavy (non-hydrogen) atoms. The summed E-state index contributed by atoms with van der Waals surface area (Å²) in [7, 11) is 1.10. The Morgan fingerprint density at radius 2 is 2.10 bits per heavy atom. The molecule has 0 aliphatic rings. The molecule has 0 aliphatic heterocycles. The lowest BCUT2D eigenvalue weighted by molar-refractivity contribution is -0.385. The summed E-state index contributed by atoms with van der Waals surface area (Å²) in [5.41, 5.74) is -1.30. The van der Waals surface area contributed by atoms with Gasteiger partial charge in [-0.15, -0.1) is 0 Å². The number of alkyl halides is 3. The van der Waals surface area contributed by atoms with Gasteiger partial charge in [-0.1, -0.05) is 0 Å². The normalized spacial score (nSPS) is 11.1. The van der Waals surface area contributed by atoms with Crippen LogP contribution in [0.25, 0.3) is 0 Å².